The van der Waals surface area contributed by atoms with E-state index in [0.29, 0.717) is 0 Å². The summed E-state index contributed by atoms with van der Waals surface area (Å²) in [4.78, 5) is 0. The van der Waals surface area contributed by atoms with E-state index in [1.807, 2.05) is 0 Å². The highest BCUT2D eigenvalue weighted by Crippen LogP contribution is 2.21. The highest BCUT2D eigenvalue weighted by atomic mass is 14.1. The maximum atomic E-state index is 3.00. The van der Waals surface area contributed by atoms with E-state index in [1.54, 1.807) is 0 Å². The molecule has 2 aromatic rings. The first kappa shape index (κ1) is 20.2. The Morgan fingerprint density at radius 2 is 1.18 bits per heavy atom. The zero-order valence-electron chi connectivity index (χ0n) is 14.6. The molecule has 0 saturated heterocycles. The van der Waals surface area contributed by atoms with Crippen molar-refractivity contribution in [2.24, 2.45) is 0 Å². The summed E-state index contributed by atoms with van der Waals surface area (Å²) in [7, 11) is 0. The Labute approximate surface area is 137 Å². The van der Waals surface area contributed by atoms with Gasteiger partial charge in [-0.15, -0.1) is 13.2 Å². The van der Waals surface area contributed by atoms with Gasteiger partial charge < -0.3 is 0 Å². The molecule has 0 saturated carbocycles. The molecule has 2 rings (SSSR count). The quantitative estimate of drug-likeness (QED) is 0.519. The van der Waals surface area contributed by atoms with Gasteiger partial charge >= 0.3 is 0 Å². The summed E-state index contributed by atoms with van der Waals surface area (Å²) in [6.07, 6.45) is 4.95. The van der Waals surface area contributed by atoms with Gasteiger partial charge in [-0.2, -0.15) is 0 Å². The van der Waals surface area contributed by atoms with E-state index >= 15 is 0 Å². The first-order valence-electron chi connectivity index (χ1n) is 8.40. The van der Waals surface area contributed by atoms with Crippen LogP contribution in [0.25, 0.3) is 0 Å². The molecule has 0 aromatic heterocycles. The summed E-state index contributed by atoms with van der Waals surface area (Å²) in [6.45, 7) is 12.7. The van der Waals surface area contributed by atoms with E-state index in [9.17, 15) is 0 Å². The Balaban J connectivity index is 0.000000366. The predicted molar refractivity (Wildman–Crippen MR) is 101 cm³/mol. The molecule has 0 radical (unpaired) electrons. The van der Waals surface area contributed by atoms with E-state index in [-0.39, 0.29) is 0 Å². The summed E-state index contributed by atoms with van der Waals surface area (Å²) in [5, 5.41) is 0. The molecule has 120 valence electrons. The van der Waals surface area contributed by atoms with E-state index < -0.39 is 0 Å². The molecule has 22 heavy (non-hydrogen) atoms. The third-order valence-corrected chi connectivity index (χ3v) is 3.64. The van der Waals surface area contributed by atoms with Crippen molar-refractivity contribution in [3.63, 3.8) is 0 Å². The molecule has 0 aliphatic heterocycles. The second kappa shape index (κ2) is 14.1. The van der Waals surface area contributed by atoms with E-state index in [1.165, 1.54) is 36.8 Å². The van der Waals surface area contributed by atoms with E-state index in [2.05, 4.69) is 94.6 Å². The fourth-order valence-corrected chi connectivity index (χ4v) is 2.42. The molecule has 0 aliphatic rings. The van der Waals surface area contributed by atoms with Crippen LogP contribution in [0.4, 0.5) is 0 Å². The van der Waals surface area contributed by atoms with Crippen LogP contribution in [0, 0.1) is 0 Å². The average Bonchev–Trinajstić information content (AvgIpc) is 2.61. The minimum absolute atomic E-state index is 0.760. The first-order chi connectivity index (χ1) is 10.8. The van der Waals surface area contributed by atoms with Crippen molar-refractivity contribution in [1.29, 1.82) is 0 Å². The average molecular weight is 296 g/mol. The molecule has 0 bridgehead atoms. The minimum atomic E-state index is 0.760. The summed E-state index contributed by atoms with van der Waals surface area (Å²) >= 11 is 0. The lowest BCUT2D eigenvalue weighted by Crippen LogP contribution is -1.93. The van der Waals surface area contributed by atoms with Gasteiger partial charge in [-0.05, 0) is 36.3 Å². The molecule has 0 heteroatoms. The number of rotatable bonds is 5. The molecular weight excluding hydrogens is 264 g/mol. The summed E-state index contributed by atoms with van der Waals surface area (Å²) in [5.41, 5.74) is 2.93. The molecule has 0 spiro atoms. The molecule has 0 nitrogen and oxygen atoms in total. The highest BCUT2D eigenvalue weighted by molar-refractivity contribution is 5.19. The minimum Gasteiger partial charge on any atom is -0.106 e. The van der Waals surface area contributed by atoms with Crippen LogP contribution in [0.5, 0.6) is 0 Å². The second-order valence-electron chi connectivity index (χ2n) is 5.16. The van der Waals surface area contributed by atoms with Crippen molar-refractivity contribution in [1.82, 2.24) is 0 Å². The van der Waals surface area contributed by atoms with Gasteiger partial charge in [0, 0.05) is 0 Å². The normalized spacial score (nSPS) is 9.27. The molecular formula is C22H32. The third-order valence-electron chi connectivity index (χ3n) is 3.64. The lowest BCUT2D eigenvalue weighted by Gasteiger charge is -2.11. The molecule has 2 aromatic carbocycles. The lowest BCUT2D eigenvalue weighted by atomic mass is 9.94. The van der Waals surface area contributed by atoms with Gasteiger partial charge in [0.15, 0.2) is 0 Å². The van der Waals surface area contributed by atoms with Crippen LogP contribution in [-0.2, 0) is 6.42 Å². The van der Waals surface area contributed by atoms with Gasteiger partial charge in [-0.3, -0.25) is 0 Å². The molecule has 0 N–H and O–H groups in total. The van der Waals surface area contributed by atoms with Crippen molar-refractivity contribution in [3.05, 3.63) is 84.9 Å². The van der Waals surface area contributed by atoms with Crippen molar-refractivity contribution in [2.45, 2.75) is 52.4 Å². The van der Waals surface area contributed by atoms with Gasteiger partial charge in [0.1, 0.15) is 0 Å². The summed E-state index contributed by atoms with van der Waals surface area (Å²) in [6, 6.07) is 21.3. The van der Waals surface area contributed by atoms with E-state index in [0.717, 1.165) is 5.92 Å². The molecule has 0 fully saturated rings. The number of hydrogen-bond acceptors (Lipinski definition) is 0. The maximum absolute atomic E-state index is 3.00. The Hall–Kier alpha value is -1.82. The monoisotopic (exact) mass is 296 g/mol. The summed E-state index contributed by atoms with van der Waals surface area (Å²) in [5.74, 6) is 0.760. The van der Waals surface area contributed by atoms with Crippen LogP contribution in [0.2, 0.25) is 0 Å². The second-order valence-corrected chi connectivity index (χ2v) is 5.16. The van der Waals surface area contributed by atoms with Gasteiger partial charge in [0.05, 0.1) is 0 Å². The van der Waals surface area contributed by atoms with E-state index in [4.69, 9.17) is 0 Å². The Bertz CT molecular complexity index is 440. The Morgan fingerprint density at radius 3 is 1.59 bits per heavy atom. The Kier molecular flexibility index (Phi) is 13.0. The van der Waals surface area contributed by atoms with Crippen LogP contribution in [0.15, 0.2) is 73.8 Å². The first-order valence-corrected chi connectivity index (χ1v) is 8.40. The largest absolute Gasteiger partial charge is 0.106 e. The number of benzene rings is 2. The van der Waals surface area contributed by atoms with Crippen LogP contribution in [-0.4, -0.2) is 0 Å². The Morgan fingerprint density at radius 1 is 0.727 bits per heavy atom. The topological polar surface area (TPSA) is 0 Å². The maximum Gasteiger partial charge on any atom is -0.0167 e. The number of hydrogen-bond donors (Lipinski definition) is 0. The van der Waals surface area contributed by atoms with Crippen molar-refractivity contribution >= 4 is 0 Å². The molecule has 0 aliphatic carbocycles. The lowest BCUT2D eigenvalue weighted by molar-refractivity contribution is 0.642. The van der Waals surface area contributed by atoms with Crippen LogP contribution in [0.3, 0.4) is 0 Å². The highest BCUT2D eigenvalue weighted by Gasteiger charge is 2.03. The fraction of sp³-hybridized carbons (Fsp3) is 0.364. The van der Waals surface area contributed by atoms with Crippen LogP contribution < -0.4 is 0 Å². The van der Waals surface area contributed by atoms with Crippen LogP contribution >= 0.6 is 0 Å². The van der Waals surface area contributed by atoms with Gasteiger partial charge in [-0.1, -0.05) is 87.9 Å². The molecule has 0 heterocycles. The molecule has 0 atom stereocenters. The zero-order chi connectivity index (χ0) is 16.6. The zero-order valence-corrected chi connectivity index (χ0v) is 14.6. The van der Waals surface area contributed by atoms with Crippen LogP contribution in [0.1, 0.15) is 57.1 Å². The molecule has 0 unspecified atom stereocenters. The van der Waals surface area contributed by atoms with Gasteiger partial charge in [0.25, 0.3) is 0 Å². The molecule has 0 amide bonds. The van der Waals surface area contributed by atoms with Crippen molar-refractivity contribution in [3.8, 4) is 0 Å². The fourth-order valence-electron chi connectivity index (χ4n) is 2.42. The smallest absolute Gasteiger partial charge is 0.0167 e. The predicted octanol–water partition coefficient (Wildman–Crippen LogP) is 7.03. The van der Waals surface area contributed by atoms with Crippen molar-refractivity contribution < 1.29 is 0 Å². The standard InChI is InChI=1S/C11H16.C9H12.C2H4/c1-3-10(4-2)11-8-6-5-7-9-11;1-2-6-9-7-4-3-5-8-9;1-2/h5-10H,3-4H2,1-2H3;3-5,7-8H,2,6H2,1H3;1-2H2. The van der Waals surface area contributed by atoms with Crippen molar-refractivity contribution in [2.75, 3.05) is 0 Å². The number of aryl methyl sites for hydroxylation is 1. The van der Waals surface area contributed by atoms with Gasteiger partial charge in [-0.25, -0.2) is 0 Å². The third kappa shape index (κ3) is 8.46. The SMILES string of the molecule is C=C.CCC(CC)c1ccccc1.CCCc1ccccc1. The summed E-state index contributed by atoms with van der Waals surface area (Å²) < 4.78 is 0. The van der Waals surface area contributed by atoms with Gasteiger partial charge in [0.2, 0.25) is 0 Å².